The van der Waals surface area contributed by atoms with Gasteiger partial charge in [0.15, 0.2) is 0 Å². The van der Waals surface area contributed by atoms with Crippen LogP contribution in [0, 0.1) is 0 Å². The van der Waals surface area contributed by atoms with Crippen molar-refractivity contribution in [2.24, 2.45) is 0 Å². The van der Waals surface area contributed by atoms with E-state index in [1.165, 1.54) is 18.2 Å². The van der Waals surface area contributed by atoms with Gasteiger partial charge in [0, 0.05) is 5.56 Å². The molecule has 0 aliphatic heterocycles. The minimum atomic E-state index is -4.78. The number of carbonyl (C=O) groups excluding carboxylic acids is 1. The number of alkyl halides is 3. The summed E-state index contributed by atoms with van der Waals surface area (Å²) < 4.78 is 45.4. The van der Waals surface area contributed by atoms with Crippen LogP contribution in [-0.4, -0.2) is 18.9 Å². The molecule has 0 N–H and O–H groups in total. The average Bonchev–Trinajstić information content (AvgIpc) is 2.30. The standard InChI is InChI=1S/C13H15F3O3/c1-3-9-5-6-11(19-13(14,15)16)10(7-9)8-12(17)18-4-2/h5-7H,3-4,8H2,1-2H3. The summed E-state index contributed by atoms with van der Waals surface area (Å²) in [6, 6.07) is 4.29. The normalized spacial score (nSPS) is 11.2. The molecule has 19 heavy (non-hydrogen) atoms. The number of rotatable bonds is 5. The van der Waals surface area contributed by atoms with Crippen LogP contribution in [0.1, 0.15) is 25.0 Å². The molecule has 1 aromatic rings. The van der Waals surface area contributed by atoms with Crippen LogP contribution in [0.4, 0.5) is 13.2 Å². The van der Waals surface area contributed by atoms with Crippen LogP contribution in [-0.2, 0) is 22.4 Å². The summed E-state index contributed by atoms with van der Waals surface area (Å²) in [4.78, 5) is 11.4. The maximum Gasteiger partial charge on any atom is 0.573 e. The van der Waals surface area contributed by atoms with Crippen LogP contribution in [0.25, 0.3) is 0 Å². The third-order valence-electron chi connectivity index (χ3n) is 2.40. The van der Waals surface area contributed by atoms with Crippen molar-refractivity contribution in [2.45, 2.75) is 33.1 Å². The summed E-state index contributed by atoms with van der Waals surface area (Å²) >= 11 is 0. The molecule has 6 heteroatoms. The lowest BCUT2D eigenvalue weighted by molar-refractivity contribution is -0.274. The Labute approximate surface area is 109 Å². The molecule has 1 rings (SSSR count). The van der Waals surface area contributed by atoms with E-state index >= 15 is 0 Å². The number of aryl methyl sites for hydroxylation is 1. The van der Waals surface area contributed by atoms with Gasteiger partial charge in [0.2, 0.25) is 0 Å². The van der Waals surface area contributed by atoms with Crippen molar-refractivity contribution in [3.8, 4) is 5.75 Å². The maximum absolute atomic E-state index is 12.3. The van der Waals surface area contributed by atoms with Crippen LogP contribution < -0.4 is 4.74 Å². The maximum atomic E-state index is 12.3. The summed E-state index contributed by atoms with van der Waals surface area (Å²) in [7, 11) is 0. The number of benzene rings is 1. The molecule has 0 atom stereocenters. The summed E-state index contributed by atoms with van der Waals surface area (Å²) in [5, 5.41) is 0. The molecule has 1 aromatic carbocycles. The topological polar surface area (TPSA) is 35.5 Å². The van der Waals surface area contributed by atoms with E-state index in [1.54, 1.807) is 6.92 Å². The number of esters is 1. The lowest BCUT2D eigenvalue weighted by atomic mass is 10.1. The molecule has 3 nitrogen and oxygen atoms in total. The van der Waals surface area contributed by atoms with Crippen LogP contribution in [0.3, 0.4) is 0 Å². The van der Waals surface area contributed by atoms with Gasteiger partial charge in [0.05, 0.1) is 13.0 Å². The van der Waals surface area contributed by atoms with Crippen molar-refractivity contribution in [3.05, 3.63) is 29.3 Å². The quantitative estimate of drug-likeness (QED) is 0.774. The highest BCUT2D eigenvalue weighted by molar-refractivity contribution is 5.73. The Hall–Kier alpha value is -1.72. The third-order valence-corrected chi connectivity index (χ3v) is 2.40. The van der Waals surface area contributed by atoms with Crippen LogP contribution in [0.5, 0.6) is 5.75 Å². The van der Waals surface area contributed by atoms with Gasteiger partial charge in [0.1, 0.15) is 5.75 Å². The predicted octanol–water partition coefficient (Wildman–Crippen LogP) is 3.25. The van der Waals surface area contributed by atoms with E-state index in [1.807, 2.05) is 6.92 Å². The number of carbonyl (C=O) groups is 1. The van der Waals surface area contributed by atoms with Gasteiger partial charge in [-0.25, -0.2) is 0 Å². The molecule has 0 amide bonds. The van der Waals surface area contributed by atoms with E-state index < -0.39 is 12.3 Å². The van der Waals surface area contributed by atoms with Crippen LogP contribution in [0.15, 0.2) is 18.2 Å². The van der Waals surface area contributed by atoms with E-state index in [-0.39, 0.29) is 24.3 Å². The number of hydrogen-bond acceptors (Lipinski definition) is 3. The molecule has 0 aliphatic rings. The molecule has 0 fully saturated rings. The Morgan fingerprint density at radius 1 is 1.26 bits per heavy atom. The van der Waals surface area contributed by atoms with Gasteiger partial charge in [-0.3, -0.25) is 4.79 Å². The van der Waals surface area contributed by atoms with E-state index in [0.29, 0.717) is 6.42 Å². The summed E-state index contributed by atoms with van der Waals surface area (Å²) in [6.07, 6.45) is -4.37. The zero-order chi connectivity index (χ0) is 14.5. The van der Waals surface area contributed by atoms with E-state index in [0.717, 1.165) is 5.56 Å². The van der Waals surface area contributed by atoms with Crippen LogP contribution in [0.2, 0.25) is 0 Å². The number of halogens is 3. The second-order valence-electron chi connectivity index (χ2n) is 3.83. The van der Waals surface area contributed by atoms with Gasteiger partial charge in [-0.2, -0.15) is 0 Å². The minimum Gasteiger partial charge on any atom is -0.466 e. The fraction of sp³-hybridized carbons (Fsp3) is 0.462. The monoisotopic (exact) mass is 276 g/mol. The molecule has 0 saturated carbocycles. The molecule has 0 bridgehead atoms. The number of hydrogen-bond donors (Lipinski definition) is 0. The Morgan fingerprint density at radius 2 is 1.95 bits per heavy atom. The first kappa shape index (κ1) is 15.3. The molecular weight excluding hydrogens is 261 g/mol. The molecular formula is C13H15F3O3. The molecule has 0 unspecified atom stereocenters. The van der Waals surface area contributed by atoms with Crippen molar-refractivity contribution < 1.29 is 27.4 Å². The first-order chi connectivity index (χ1) is 8.85. The minimum absolute atomic E-state index is 0.176. The Bertz CT molecular complexity index is 441. The highest BCUT2D eigenvalue weighted by Gasteiger charge is 2.32. The Kier molecular flexibility index (Phi) is 5.20. The average molecular weight is 276 g/mol. The molecule has 0 saturated heterocycles. The summed E-state index contributed by atoms with van der Waals surface area (Å²) in [6.45, 7) is 3.68. The fourth-order valence-corrected chi connectivity index (χ4v) is 1.58. The van der Waals surface area contributed by atoms with Gasteiger partial charge in [-0.1, -0.05) is 19.1 Å². The number of ether oxygens (including phenoxy) is 2. The lowest BCUT2D eigenvalue weighted by Crippen LogP contribution is -2.19. The van der Waals surface area contributed by atoms with Crippen molar-refractivity contribution in [1.82, 2.24) is 0 Å². The van der Waals surface area contributed by atoms with Gasteiger partial charge >= 0.3 is 12.3 Å². The molecule has 0 heterocycles. The van der Waals surface area contributed by atoms with Crippen molar-refractivity contribution in [3.63, 3.8) is 0 Å². The Balaban J connectivity index is 2.99. The van der Waals surface area contributed by atoms with Gasteiger partial charge in [-0.15, -0.1) is 13.2 Å². The SMILES string of the molecule is CCOC(=O)Cc1cc(CC)ccc1OC(F)(F)F. The molecule has 0 spiro atoms. The first-order valence-corrected chi connectivity index (χ1v) is 5.89. The highest BCUT2D eigenvalue weighted by atomic mass is 19.4. The second kappa shape index (κ2) is 6.45. The van der Waals surface area contributed by atoms with Gasteiger partial charge in [-0.05, 0) is 25.0 Å². The van der Waals surface area contributed by atoms with Crippen molar-refractivity contribution in [2.75, 3.05) is 6.61 Å². The summed E-state index contributed by atoms with van der Waals surface area (Å²) in [5.41, 5.74) is 1.00. The molecule has 0 radical (unpaired) electrons. The third kappa shape index (κ3) is 5.19. The first-order valence-electron chi connectivity index (χ1n) is 5.89. The van der Waals surface area contributed by atoms with Crippen LogP contribution >= 0.6 is 0 Å². The fourth-order valence-electron chi connectivity index (χ4n) is 1.58. The smallest absolute Gasteiger partial charge is 0.466 e. The van der Waals surface area contributed by atoms with E-state index in [2.05, 4.69) is 4.74 Å². The lowest BCUT2D eigenvalue weighted by Gasteiger charge is -2.14. The zero-order valence-electron chi connectivity index (χ0n) is 10.7. The molecule has 0 aromatic heterocycles. The largest absolute Gasteiger partial charge is 0.573 e. The van der Waals surface area contributed by atoms with E-state index in [4.69, 9.17) is 4.74 Å². The van der Waals surface area contributed by atoms with Gasteiger partial charge in [0.25, 0.3) is 0 Å². The molecule has 0 aliphatic carbocycles. The van der Waals surface area contributed by atoms with Crippen molar-refractivity contribution in [1.29, 1.82) is 0 Å². The predicted molar refractivity (Wildman–Crippen MR) is 62.8 cm³/mol. The zero-order valence-corrected chi connectivity index (χ0v) is 10.7. The highest BCUT2D eigenvalue weighted by Crippen LogP contribution is 2.28. The van der Waals surface area contributed by atoms with Gasteiger partial charge < -0.3 is 9.47 Å². The van der Waals surface area contributed by atoms with Crippen molar-refractivity contribution >= 4 is 5.97 Å². The van der Waals surface area contributed by atoms with E-state index in [9.17, 15) is 18.0 Å². The Morgan fingerprint density at radius 3 is 2.47 bits per heavy atom. The summed E-state index contributed by atoms with van der Waals surface area (Å²) in [5.74, 6) is -0.944. The second-order valence-corrected chi connectivity index (χ2v) is 3.83. The molecule has 106 valence electrons.